The van der Waals surface area contributed by atoms with Crippen LogP contribution in [0, 0.1) is 27.4 Å². The Morgan fingerprint density at radius 3 is 2.90 bits per heavy atom. The molecule has 1 unspecified atom stereocenters. The summed E-state index contributed by atoms with van der Waals surface area (Å²) in [7, 11) is 0. The van der Waals surface area contributed by atoms with Crippen LogP contribution in [-0.2, 0) is 4.79 Å². The number of nitriles is 1. The summed E-state index contributed by atoms with van der Waals surface area (Å²) in [4.78, 5) is 24.8. The molecule has 0 radical (unpaired) electrons. The van der Waals surface area contributed by atoms with Crippen LogP contribution >= 0.6 is 0 Å². The molecule has 0 aliphatic heterocycles. The zero-order valence-corrected chi connectivity index (χ0v) is 10.9. The van der Waals surface area contributed by atoms with Crippen molar-refractivity contribution in [2.24, 2.45) is 5.92 Å². The molecule has 0 saturated heterocycles. The smallest absolute Gasteiger partial charge is 0.328 e. The van der Waals surface area contributed by atoms with Crippen molar-refractivity contribution in [2.75, 3.05) is 11.9 Å². The van der Waals surface area contributed by atoms with E-state index in [4.69, 9.17) is 10.4 Å². The predicted octanol–water partition coefficient (Wildman–Crippen LogP) is 1.77. The average Bonchev–Trinajstić information content (AvgIpc) is 2.42. The maximum absolute atomic E-state index is 11.0. The standard InChI is InChI=1S/C12H14N4O4/c1-2-8(5-10(17)18)7-15-12-11(16(19)20)9(6-13)3-4-14-12/h3-4,8H,2,5,7H2,1H3,(H,14,15)(H,17,18). The number of rotatable bonds is 7. The van der Waals surface area contributed by atoms with Crippen LogP contribution in [0.15, 0.2) is 12.3 Å². The van der Waals surface area contributed by atoms with E-state index < -0.39 is 10.9 Å². The van der Waals surface area contributed by atoms with Crippen molar-refractivity contribution in [1.29, 1.82) is 5.26 Å². The van der Waals surface area contributed by atoms with E-state index in [-0.39, 0.29) is 36.0 Å². The van der Waals surface area contributed by atoms with E-state index in [9.17, 15) is 14.9 Å². The SMILES string of the molecule is CCC(CNc1nccc(C#N)c1[N+](=O)[O-])CC(=O)O. The van der Waals surface area contributed by atoms with Crippen molar-refractivity contribution in [3.05, 3.63) is 27.9 Å². The van der Waals surface area contributed by atoms with Crippen molar-refractivity contribution >= 4 is 17.5 Å². The second-order valence-electron chi connectivity index (χ2n) is 4.18. The molecule has 8 heteroatoms. The number of hydrogen-bond donors (Lipinski definition) is 2. The first-order chi connectivity index (χ1) is 9.49. The quantitative estimate of drug-likeness (QED) is 0.574. The van der Waals surface area contributed by atoms with Crippen molar-refractivity contribution in [1.82, 2.24) is 4.98 Å². The molecule has 20 heavy (non-hydrogen) atoms. The molecule has 1 heterocycles. The lowest BCUT2D eigenvalue weighted by Crippen LogP contribution is -2.18. The van der Waals surface area contributed by atoms with Crippen LogP contribution in [0.25, 0.3) is 0 Å². The summed E-state index contributed by atoms with van der Waals surface area (Å²) in [6, 6.07) is 3.00. The normalized spacial score (nSPS) is 11.4. The Labute approximate surface area is 115 Å². The van der Waals surface area contributed by atoms with Crippen LogP contribution in [0.1, 0.15) is 25.3 Å². The second kappa shape index (κ2) is 7.04. The second-order valence-corrected chi connectivity index (χ2v) is 4.18. The van der Waals surface area contributed by atoms with Gasteiger partial charge in [-0.05, 0) is 12.0 Å². The topological polar surface area (TPSA) is 129 Å². The van der Waals surface area contributed by atoms with Gasteiger partial charge in [0.1, 0.15) is 11.6 Å². The molecule has 0 spiro atoms. The molecule has 0 bridgehead atoms. The molecular weight excluding hydrogens is 264 g/mol. The molecule has 0 amide bonds. The molecule has 1 atom stereocenters. The number of nitro groups is 1. The zero-order valence-electron chi connectivity index (χ0n) is 10.9. The average molecular weight is 278 g/mol. The number of aliphatic carboxylic acids is 1. The van der Waals surface area contributed by atoms with Gasteiger partial charge in [0.2, 0.25) is 5.82 Å². The van der Waals surface area contributed by atoms with E-state index in [2.05, 4.69) is 10.3 Å². The molecule has 0 aliphatic carbocycles. The third kappa shape index (κ3) is 3.91. The molecule has 0 aliphatic rings. The maximum Gasteiger partial charge on any atom is 0.328 e. The highest BCUT2D eigenvalue weighted by molar-refractivity contribution is 5.67. The van der Waals surface area contributed by atoms with Gasteiger partial charge >= 0.3 is 11.7 Å². The first kappa shape index (κ1) is 15.4. The highest BCUT2D eigenvalue weighted by atomic mass is 16.6. The summed E-state index contributed by atoms with van der Waals surface area (Å²) >= 11 is 0. The maximum atomic E-state index is 11.0. The van der Waals surface area contributed by atoms with Crippen molar-refractivity contribution in [2.45, 2.75) is 19.8 Å². The fourth-order valence-electron chi connectivity index (χ4n) is 1.71. The largest absolute Gasteiger partial charge is 0.481 e. The van der Waals surface area contributed by atoms with E-state index >= 15 is 0 Å². The number of nitrogens with one attached hydrogen (secondary N) is 1. The lowest BCUT2D eigenvalue weighted by atomic mass is 10.0. The minimum Gasteiger partial charge on any atom is -0.481 e. The molecule has 0 fully saturated rings. The van der Waals surface area contributed by atoms with E-state index in [1.54, 1.807) is 6.07 Å². The Morgan fingerprint density at radius 1 is 1.70 bits per heavy atom. The Bertz CT molecular complexity index is 553. The fourth-order valence-corrected chi connectivity index (χ4v) is 1.71. The Hall–Kier alpha value is -2.69. The van der Waals surface area contributed by atoms with E-state index in [0.29, 0.717) is 6.42 Å². The minimum absolute atomic E-state index is 0.0158. The highest BCUT2D eigenvalue weighted by Gasteiger charge is 2.22. The molecule has 8 nitrogen and oxygen atoms in total. The number of carboxylic acid groups (broad SMARTS) is 1. The number of nitrogens with zero attached hydrogens (tertiary/aromatic N) is 3. The van der Waals surface area contributed by atoms with Gasteiger partial charge in [0.15, 0.2) is 0 Å². The summed E-state index contributed by atoms with van der Waals surface area (Å²) in [6.45, 7) is 2.08. The van der Waals surface area contributed by atoms with Gasteiger partial charge in [0.05, 0.1) is 4.92 Å². The van der Waals surface area contributed by atoms with Gasteiger partial charge in [-0.2, -0.15) is 5.26 Å². The Kier molecular flexibility index (Phi) is 5.41. The number of anilines is 1. The first-order valence-electron chi connectivity index (χ1n) is 5.98. The van der Waals surface area contributed by atoms with Crippen LogP contribution < -0.4 is 5.32 Å². The third-order valence-electron chi connectivity index (χ3n) is 2.83. The van der Waals surface area contributed by atoms with Crippen LogP contribution in [0.4, 0.5) is 11.5 Å². The number of carbonyl (C=O) groups is 1. The van der Waals surface area contributed by atoms with Crippen LogP contribution in [-0.4, -0.2) is 27.5 Å². The first-order valence-corrected chi connectivity index (χ1v) is 5.98. The lowest BCUT2D eigenvalue weighted by molar-refractivity contribution is -0.384. The Morgan fingerprint density at radius 2 is 2.40 bits per heavy atom. The molecule has 1 aromatic rings. The molecule has 0 aromatic carbocycles. The monoisotopic (exact) mass is 278 g/mol. The van der Waals surface area contributed by atoms with Gasteiger partial charge in [0.25, 0.3) is 0 Å². The molecular formula is C12H14N4O4. The van der Waals surface area contributed by atoms with Crippen molar-refractivity contribution in [3.8, 4) is 6.07 Å². The summed E-state index contributed by atoms with van der Waals surface area (Å²) in [5.74, 6) is -1.11. The van der Waals surface area contributed by atoms with Crippen molar-refractivity contribution in [3.63, 3.8) is 0 Å². The van der Waals surface area contributed by atoms with E-state index in [1.165, 1.54) is 12.3 Å². The summed E-state index contributed by atoms with van der Waals surface area (Å²) in [5, 5.41) is 31.3. The number of aromatic nitrogens is 1. The third-order valence-corrected chi connectivity index (χ3v) is 2.83. The van der Waals surface area contributed by atoms with Gasteiger partial charge in [-0.3, -0.25) is 14.9 Å². The van der Waals surface area contributed by atoms with E-state index in [1.807, 2.05) is 6.92 Å². The highest BCUT2D eigenvalue weighted by Crippen LogP contribution is 2.26. The van der Waals surface area contributed by atoms with Crippen LogP contribution in [0.2, 0.25) is 0 Å². The number of carboxylic acids is 1. The number of pyridine rings is 1. The minimum atomic E-state index is -0.924. The predicted molar refractivity (Wildman–Crippen MR) is 70.1 cm³/mol. The van der Waals surface area contributed by atoms with Crippen LogP contribution in [0.3, 0.4) is 0 Å². The zero-order chi connectivity index (χ0) is 15.1. The van der Waals surface area contributed by atoms with Gasteiger partial charge in [-0.15, -0.1) is 0 Å². The van der Waals surface area contributed by atoms with E-state index in [0.717, 1.165) is 0 Å². The summed E-state index contributed by atoms with van der Waals surface area (Å²) in [6.07, 6.45) is 1.88. The summed E-state index contributed by atoms with van der Waals surface area (Å²) < 4.78 is 0. The van der Waals surface area contributed by atoms with Gasteiger partial charge in [0, 0.05) is 19.2 Å². The van der Waals surface area contributed by atoms with Crippen LogP contribution in [0.5, 0.6) is 0 Å². The molecule has 1 rings (SSSR count). The van der Waals surface area contributed by atoms with Gasteiger partial charge in [-0.1, -0.05) is 13.3 Å². The fraction of sp³-hybridized carbons (Fsp3) is 0.417. The lowest BCUT2D eigenvalue weighted by Gasteiger charge is -2.13. The van der Waals surface area contributed by atoms with Crippen molar-refractivity contribution < 1.29 is 14.8 Å². The van der Waals surface area contributed by atoms with Gasteiger partial charge in [-0.25, -0.2) is 4.98 Å². The van der Waals surface area contributed by atoms with Gasteiger partial charge < -0.3 is 10.4 Å². The molecule has 0 saturated carbocycles. The molecule has 1 aromatic heterocycles. The Balaban J connectivity index is 2.90. The summed E-state index contributed by atoms with van der Waals surface area (Å²) in [5.41, 5.74) is -0.473. The molecule has 2 N–H and O–H groups in total. The molecule has 106 valence electrons. The number of hydrogen-bond acceptors (Lipinski definition) is 6.